The molecule has 3 aromatic rings. The first kappa shape index (κ1) is 12.7. The van der Waals surface area contributed by atoms with Gasteiger partial charge in [-0.1, -0.05) is 67.1 Å². The Hall–Kier alpha value is -1.99. The number of para-hydroxylation sites is 1. The van der Waals surface area contributed by atoms with E-state index < -0.39 is 0 Å². The second-order valence-electron chi connectivity index (χ2n) is 5.59. The highest BCUT2D eigenvalue weighted by atomic mass is 35.5. The van der Waals surface area contributed by atoms with Gasteiger partial charge in [0.1, 0.15) is 5.58 Å². The van der Waals surface area contributed by atoms with Gasteiger partial charge in [0.05, 0.1) is 5.02 Å². The normalized spacial score (nSPS) is 21.4. The van der Waals surface area contributed by atoms with Crippen molar-refractivity contribution in [3.63, 3.8) is 0 Å². The summed E-state index contributed by atoms with van der Waals surface area (Å²) < 4.78 is 5.98. The van der Waals surface area contributed by atoms with Gasteiger partial charge in [-0.25, -0.2) is 0 Å². The average molecular weight is 295 g/mol. The first-order chi connectivity index (χ1) is 10.3. The zero-order valence-electron chi connectivity index (χ0n) is 11.7. The standard InChI is InChI=1S/C19H15ClO/c1-12-6-2-3-7-13(12)14-10-11-16(20)19-18(14)15-8-4-5-9-17(15)21-19/h2-13H,1H3. The lowest BCUT2D eigenvalue weighted by molar-refractivity contribution is 0.637. The SMILES string of the molecule is CC1C=CC=CC1c1ccc(Cl)c2oc3ccccc3c12. The minimum absolute atomic E-state index is 0.357. The monoisotopic (exact) mass is 294 g/mol. The van der Waals surface area contributed by atoms with Crippen LogP contribution in [0.4, 0.5) is 0 Å². The molecule has 21 heavy (non-hydrogen) atoms. The predicted molar refractivity (Wildman–Crippen MR) is 88.9 cm³/mol. The summed E-state index contributed by atoms with van der Waals surface area (Å²) in [5.74, 6) is 0.823. The van der Waals surface area contributed by atoms with Crippen LogP contribution in [-0.2, 0) is 0 Å². The molecule has 0 N–H and O–H groups in total. The molecule has 0 bridgehead atoms. The third-order valence-corrected chi connectivity index (χ3v) is 4.58. The van der Waals surface area contributed by atoms with E-state index in [0.29, 0.717) is 16.9 Å². The largest absolute Gasteiger partial charge is 0.454 e. The number of benzene rings is 2. The molecule has 1 aliphatic rings. The zero-order chi connectivity index (χ0) is 14.4. The summed E-state index contributed by atoms with van der Waals surface area (Å²) >= 11 is 6.35. The van der Waals surface area contributed by atoms with E-state index in [2.05, 4.69) is 43.4 Å². The van der Waals surface area contributed by atoms with Gasteiger partial charge in [0.2, 0.25) is 0 Å². The molecule has 0 spiro atoms. The van der Waals surface area contributed by atoms with E-state index in [1.807, 2.05) is 24.3 Å². The lowest BCUT2D eigenvalue weighted by Gasteiger charge is -2.21. The molecule has 2 aromatic carbocycles. The van der Waals surface area contributed by atoms with Crippen LogP contribution in [0.3, 0.4) is 0 Å². The zero-order valence-corrected chi connectivity index (χ0v) is 12.5. The molecule has 1 aliphatic carbocycles. The number of rotatable bonds is 1. The molecule has 2 atom stereocenters. The molecule has 0 saturated heterocycles. The number of hydrogen-bond donors (Lipinski definition) is 0. The van der Waals surface area contributed by atoms with Gasteiger partial charge in [-0.05, 0) is 23.6 Å². The van der Waals surface area contributed by atoms with Gasteiger partial charge < -0.3 is 4.42 Å². The molecule has 0 radical (unpaired) electrons. The van der Waals surface area contributed by atoms with Gasteiger partial charge in [0.15, 0.2) is 5.58 Å². The van der Waals surface area contributed by atoms with E-state index in [0.717, 1.165) is 21.9 Å². The van der Waals surface area contributed by atoms with Crippen LogP contribution in [0, 0.1) is 5.92 Å². The first-order valence-corrected chi connectivity index (χ1v) is 7.58. The molecule has 0 aliphatic heterocycles. The predicted octanol–water partition coefficient (Wildman–Crippen LogP) is 6.09. The van der Waals surface area contributed by atoms with Crippen LogP contribution in [0.15, 0.2) is 65.1 Å². The summed E-state index contributed by atoms with van der Waals surface area (Å²) in [7, 11) is 0. The minimum Gasteiger partial charge on any atom is -0.454 e. The third-order valence-electron chi connectivity index (χ3n) is 4.28. The first-order valence-electron chi connectivity index (χ1n) is 7.20. The fraction of sp³-hybridized carbons (Fsp3) is 0.158. The Labute approximate surface area is 128 Å². The molecule has 0 saturated carbocycles. The number of furan rings is 1. The summed E-state index contributed by atoms with van der Waals surface area (Å²) in [5.41, 5.74) is 2.97. The van der Waals surface area contributed by atoms with Gasteiger partial charge in [-0.3, -0.25) is 0 Å². The number of allylic oxidation sites excluding steroid dienone is 4. The van der Waals surface area contributed by atoms with Gasteiger partial charge in [-0.2, -0.15) is 0 Å². The van der Waals surface area contributed by atoms with E-state index in [9.17, 15) is 0 Å². The van der Waals surface area contributed by atoms with Crippen LogP contribution in [0.1, 0.15) is 18.4 Å². The molecule has 1 heterocycles. The Bertz CT molecular complexity index is 885. The minimum atomic E-state index is 0.357. The molecule has 0 fully saturated rings. The van der Waals surface area contributed by atoms with Crippen molar-refractivity contribution in [1.82, 2.24) is 0 Å². The fourth-order valence-corrected chi connectivity index (χ4v) is 3.40. The van der Waals surface area contributed by atoms with Crippen molar-refractivity contribution in [1.29, 1.82) is 0 Å². The Morgan fingerprint density at radius 3 is 2.67 bits per heavy atom. The molecule has 4 rings (SSSR count). The number of fused-ring (bicyclic) bond motifs is 3. The average Bonchev–Trinajstić information content (AvgIpc) is 2.89. The second-order valence-corrected chi connectivity index (χ2v) is 6.00. The molecule has 1 nitrogen and oxygen atoms in total. The van der Waals surface area contributed by atoms with Crippen molar-refractivity contribution in [2.45, 2.75) is 12.8 Å². The van der Waals surface area contributed by atoms with Crippen molar-refractivity contribution >= 4 is 33.5 Å². The molecule has 1 aromatic heterocycles. The summed E-state index contributed by atoms with van der Waals surface area (Å²) in [6, 6.07) is 12.2. The van der Waals surface area contributed by atoms with Crippen LogP contribution in [0.2, 0.25) is 5.02 Å². The maximum atomic E-state index is 6.35. The van der Waals surface area contributed by atoms with E-state index >= 15 is 0 Å². The lowest BCUT2D eigenvalue weighted by atomic mass is 9.82. The highest BCUT2D eigenvalue weighted by molar-refractivity contribution is 6.36. The number of hydrogen-bond acceptors (Lipinski definition) is 1. The highest BCUT2D eigenvalue weighted by Crippen LogP contribution is 2.41. The molecular weight excluding hydrogens is 280 g/mol. The summed E-state index contributed by atoms with van der Waals surface area (Å²) in [6.07, 6.45) is 8.73. The van der Waals surface area contributed by atoms with E-state index in [4.69, 9.17) is 16.0 Å². The molecule has 2 heteroatoms. The Kier molecular flexibility index (Phi) is 2.90. The summed E-state index contributed by atoms with van der Waals surface area (Å²) in [5, 5.41) is 2.96. The van der Waals surface area contributed by atoms with Crippen LogP contribution < -0.4 is 0 Å². The van der Waals surface area contributed by atoms with E-state index in [-0.39, 0.29) is 0 Å². The van der Waals surface area contributed by atoms with Gasteiger partial charge in [0, 0.05) is 16.7 Å². The van der Waals surface area contributed by atoms with Gasteiger partial charge in [-0.15, -0.1) is 0 Å². The highest BCUT2D eigenvalue weighted by Gasteiger charge is 2.22. The lowest BCUT2D eigenvalue weighted by Crippen LogP contribution is -2.07. The van der Waals surface area contributed by atoms with Crippen LogP contribution >= 0.6 is 11.6 Å². The van der Waals surface area contributed by atoms with Gasteiger partial charge >= 0.3 is 0 Å². The molecule has 104 valence electrons. The molecule has 2 unspecified atom stereocenters. The van der Waals surface area contributed by atoms with E-state index in [1.54, 1.807) is 0 Å². The molecular formula is C19H15ClO. The van der Waals surface area contributed by atoms with Crippen molar-refractivity contribution in [2.75, 3.05) is 0 Å². The smallest absolute Gasteiger partial charge is 0.154 e. The second kappa shape index (κ2) is 4.78. The Balaban J connectivity index is 2.07. The van der Waals surface area contributed by atoms with Crippen LogP contribution in [-0.4, -0.2) is 0 Å². The van der Waals surface area contributed by atoms with Crippen molar-refractivity contribution < 1.29 is 4.42 Å². The fourth-order valence-electron chi connectivity index (χ4n) is 3.21. The van der Waals surface area contributed by atoms with Crippen LogP contribution in [0.5, 0.6) is 0 Å². The summed E-state index contributed by atoms with van der Waals surface area (Å²) in [4.78, 5) is 0. The summed E-state index contributed by atoms with van der Waals surface area (Å²) in [6.45, 7) is 2.24. The maximum Gasteiger partial charge on any atom is 0.154 e. The quantitative estimate of drug-likeness (QED) is 0.529. The van der Waals surface area contributed by atoms with Crippen molar-refractivity contribution in [3.05, 3.63) is 71.3 Å². The maximum absolute atomic E-state index is 6.35. The third kappa shape index (κ3) is 1.92. The van der Waals surface area contributed by atoms with Crippen molar-refractivity contribution in [2.24, 2.45) is 5.92 Å². The van der Waals surface area contributed by atoms with Crippen LogP contribution in [0.25, 0.3) is 21.9 Å². The Morgan fingerprint density at radius 2 is 1.81 bits per heavy atom. The van der Waals surface area contributed by atoms with E-state index in [1.165, 1.54) is 5.56 Å². The number of halogens is 1. The Morgan fingerprint density at radius 1 is 1.00 bits per heavy atom. The molecule has 0 amide bonds. The van der Waals surface area contributed by atoms with Crippen molar-refractivity contribution in [3.8, 4) is 0 Å². The topological polar surface area (TPSA) is 13.1 Å². The van der Waals surface area contributed by atoms with Gasteiger partial charge in [0.25, 0.3) is 0 Å².